The summed E-state index contributed by atoms with van der Waals surface area (Å²) in [6, 6.07) is -0.653. The van der Waals surface area contributed by atoms with Crippen LogP contribution in [0, 0.1) is 0 Å². The maximum absolute atomic E-state index is 12.7. The number of alkyl carbamates (subject to hydrolysis) is 1. The predicted molar refractivity (Wildman–Crippen MR) is 125 cm³/mol. The van der Waals surface area contributed by atoms with E-state index in [0.29, 0.717) is 19.0 Å². The molecule has 2 fully saturated rings. The van der Waals surface area contributed by atoms with Gasteiger partial charge in [0, 0.05) is 37.0 Å². The fourth-order valence-corrected chi connectivity index (χ4v) is 3.59. The molecule has 0 bridgehead atoms. The van der Waals surface area contributed by atoms with Gasteiger partial charge in [-0.1, -0.05) is 0 Å². The van der Waals surface area contributed by atoms with Crippen molar-refractivity contribution in [1.82, 2.24) is 20.2 Å². The number of hydrogen-bond acceptors (Lipinski definition) is 8. The highest BCUT2D eigenvalue weighted by molar-refractivity contribution is 6.61. The molecule has 2 amide bonds. The minimum atomic E-state index is -0.672. The first-order chi connectivity index (χ1) is 15.2. The molecule has 3 heterocycles. The minimum absolute atomic E-state index is 0.0189. The first-order valence-electron chi connectivity index (χ1n) is 11.4. The molecule has 0 saturated carbocycles. The van der Waals surface area contributed by atoms with Gasteiger partial charge in [-0.15, -0.1) is 0 Å². The van der Waals surface area contributed by atoms with Crippen LogP contribution in [0.1, 0.15) is 61.8 Å². The number of amides is 2. The van der Waals surface area contributed by atoms with Gasteiger partial charge >= 0.3 is 13.2 Å². The SMILES string of the molecule is C[C@@H](NC(=O)OC(C)(C)C)C(=O)N1CC[C@@H](Nc2ncc(B3OC(C)(C)C(C)(C)O3)cn2)C1. The van der Waals surface area contributed by atoms with Crippen LogP contribution in [-0.2, 0) is 18.8 Å². The second-order valence-corrected chi connectivity index (χ2v) is 10.7. The molecular formula is C22H36BN5O5. The molecule has 0 aromatic carbocycles. The van der Waals surface area contributed by atoms with Crippen molar-refractivity contribution in [3.05, 3.63) is 12.4 Å². The van der Waals surface area contributed by atoms with Crippen molar-refractivity contribution >= 4 is 30.5 Å². The van der Waals surface area contributed by atoms with Crippen LogP contribution in [0.25, 0.3) is 0 Å². The smallest absolute Gasteiger partial charge is 0.444 e. The summed E-state index contributed by atoms with van der Waals surface area (Å²) in [4.78, 5) is 35.2. The first-order valence-corrected chi connectivity index (χ1v) is 11.4. The van der Waals surface area contributed by atoms with E-state index in [0.717, 1.165) is 11.9 Å². The summed E-state index contributed by atoms with van der Waals surface area (Å²) >= 11 is 0. The lowest BCUT2D eigenvalue weighted by atomic mass is 9.81. The molecule has 2 saturated heterocycles. The number of rotatable bonds is 5. The molecule has 0 aliphatic carbocycles. The van der Waals surface area contributed by atoms with E-state index in [1.54, 1.807) is 45.0 Å². The zero-order valence-electron chi connectivity index (χ0n) is 20.9. The number of carbonyl (C=O) groups is 2. The van der Waals surface area contributed by atoms with Crippen LogP contribution in [0.4, 0.5) is 10.7 Å². The molecule has 3 rings (SSSR count). The molecule has 182 valence electrons. The number of likely N-dealkylation sites (tertiary alicyclic amines) is 1. The van der Waals surface area contributed by atoms with Gasteiger partial charge in [0.15, 0.2) is 0 Å². The van der Waals surface area contributed by atoms with Crippen LogP contribution in [0.5, 0.6) is 0 Å². The second-order valence-electron chi connectivity index (χ2n) is 10.7. The molecule has 1 aromatic rings. The number of aromatic nitrogens is 2. The van der Waals surface area contributed by atoms with Crippen LogP contribution in [0.3, 0.4) is 0 Å². The molecule has 0 unspecified atom stereocenters. The van der Waals surface area contributed by atoms with Gasteiger partial charge in [-0.2, -0.15) is 0 Å². The Morgan fingerprint density at radius 1 is 1.18 bits per heavy atom. The number of nitrogens with one attached hydrogen (secondary N) is 2. The lowest BCUT2D eigenvalue weighted by molar-refractivity contribution is -0.132. The Hall–Kier alpha value is -2.40. The summed E-state index contributed by atoms with van der Waals surface area (Å²) in [7, 11) is -0.511. The number of carbonyl (C=O) groups excluding carboxylic acids is 2. The third kappa shape index (κ3) is 6.14. The Bertz CT molecular complexity index is 855. The standard InChI is InChI=1S/C22H36BN5O5/c1-14(26-19(30)31-20(2,3)4)17(29)28-10-9-16(13-28)27-18-24-11-15(12-25-18)23-32-21(5,6)22(7,8)33-23/h11-12,14,16H,9-10,13H2,1-8H3,(H,26,30)(H,24,25,27)/t14-,16-/m1/s1. The topological polar surface area (TPSA) is 115 Å². The molecule has 2 atom stereocenters. The van der Waals surface area contributed by atoms with Gasteiger partial charge in [0.25, 0.3) is 0 Å². The van der Waals surface area contributed by atoms with Crippen LogP contribution >= 0.6 is 0 Å². The average Bonchev–Trinajstić information content (AvgIpc) is 3.21. The Balaban J connectivity index is 1.50. The number of hydrogen-bond donors (Lipinski definition) is 2. The Labute approximate surface area is 196 Å². The van der Waals surface area contributed by atoms with Crippen LogP contribution in [0.15, 0.2) is 12.4 Å². The summed E-state index contributed by atoms with van der Waals surface area (Å²) in [5, 5.41) is 5.88. The Kier molecular flexibility index (Phi) is 6.96. The van der Waals surface area contributed by atoms with Crippen molar-refractivity contribution < 1.29 is 23.6 Å². The summed E-state index contributed by atoms with van der Waals surface area (Å²) in [5.41, 5.74) is -0.717. The van der Waals surface area contributed by atoms with Crippen molar-refractivity contribution in [3.63, 3.8) is 0 Å². The molecule has 10 nitrogen and oxygen atoms in total. The quantitative estimate of drug-likeness (QED) is 0.637. The molecule has 11 heteroatoms. The van der Waals surface area contributed by atoms with Crippen LogP contribution < -0.4 is 16.1 Å². The molecule has 1 aromatic heterocycles. The number of ether oxygens (including phenoxy) is 1. The molecule has 2 aliphatic heterocycles. The lowest BCUT2D eigenvalue weighted by Gasteiger charge is -2.32. The molecule has 0 spiro atoms. The van der Waals surface area contributed by atoms with Gasteiger partial charge in [0.05, 0.1) is 11.2 Å². The van der Waals surface area contributed by atoms with E-state index in [9.17, 15) is 9.59 Å². The van der Waals surface area contributed by atoms with E-state index in [2.05, 4.69) is 20.6 Å². The molecule has 0 radical (unpaired) electrons. The Morgan fingerprint density at radius 2 is 1.76 bits per heavy atom. The Morgan fingerprint density at radius 3 is 2.30 bits per heavy atom. The van der Waals surface area contributed by atoms with Crippen molar-refractivity contribution in [2.24, 2.45) is 0 Å². The summed E-state index contributed by atoms with van der Waals surface area (Å²) in [6.45, 7) is 16.1. The first kappa shape index (κ1) is 25.2. The van der Waals surface area contributed by atoms with E-state index in [-0.39, 0.29) is 11.9 Å². The summed E-state index contributed by atoms with van der Waals surface area (Å²) in [6.07, 6.45) is 3.55. The molecule has 33 heavy (non-hydrogen) atoms. The van der Waals surface area contributed by atoms with Gasteiger partial charge in [-0.05, 0) is 61.8 Å². The van der Waals surface area contributed by atoms with Crippen molar-refractivity contribution in [3.8, 4) is 0 Å². The largest absolute Gasteiger partial charge is 0.498 e. The van der Waals surface area contributed by atoms with E-state index in [4.69, 9.17) is 14.0 Å². The van der Waals surface area contributed by atoms with Gasteiger partial charge in [-0.3, -0.25) is 4.79 Å². The van der Waals surface area contributed by atoms with Gasteiger partial charge in [-0.25, -0.2) is 14.8 Å². The normalized spacial score (nSPS) is 22.7. The van der Waals surface area contributed by atoms with E-state index < -0.39 is 36.1 Å². The highest BCUT2D eigenvalue weighted by Gasteiger charge is 2.52. The zero-order valence-corrected chi connectivity index (χ0v) is 20.9. The number of anilines is 1. The van der Waals surface area contributed by atoms with Crippen LogP contribution in [0.2, 0.25) is 0 Å². The predicted octanol–water partition coefficient (Wildman–Crippen LogP) is 1.70. The third-order valence-electron chi connectivity index (χ3n) is 6.13. The molecule has 2 N–H and O–H groups in total. The summed E-state index contributed by atoms with van der Waals surface area (Å²) in [5.74, 6) is 0.330. The van der Waals surface area contributed by atoms with Crippen molar-refractivity contribution in [2.45, 2.75) is 90.7 Å². The fourth-order valence-electron chi connectivity index (χ4n) is 3.59. The number of nitrogens with zero attached hydrogens (tertiary/aromatic N) is 3. The van der Waals surface area contributed by atoms with E-state index in [1.165, 1.54) is 0 Å². The van der Waals surface area contributed by atoms with Gasteiger partial charge in [0.2, 0.25) is 11.9 Å². The summed E-state index contributed by atoms with van der Waals surface area (Å²) < 4.78 is 17.3. The second kappa shape index (κ2) is 9.10. The fraction of sp³-hybridized carbons (Fsp3) is 0.727. The third-order valence-corrected chi connectivity index (χ3v) is 6.13. The highest BCUT2D eigenvalue weighted by Crippen LogP contribution is 2.36. The van der Waals surface area contributed by atoms with Crippen molar-refractivity contribution in [1.29, 1.82) is 0 Å². The molecular weight excluding hydrogens is 425 g/mol. The monoisotopic (exact) mass is 461 g/mol. The van der Waals surface area contributed by atoms with E-state index in [1.807, 2.05) is 27.7 Å². The molecule has 2 aliphatic rings. The van der Waals surface area contributed by atoms with E-state index >= 15 is 0 Å². The lowest BCUT2D eigenvalue weighted by Crippen LogP contribution is -2.47. The zero-order chi connectivity index (χ0) is 24.6. The minimum Gasteiger partial charge on any atom is -0.444 e. The van der Waals surface area contributed by atoms with Gasteiger partial charge in [0.1, 0.15) is 11.6 Å². The van der Waals surface area contributed by atoms with Gasteiger partial charge < -0.3 is 29.6 Å². The maximum atomic E-state index is 12.7. The highest BCUT2D eigenvalue weighted by atomic mass is 16.7. The maximum Gasteiger partial charge on any atom is 0.498 e. The van der Waals surface area contributed by atoms with Crippen molar-refractivity contribution in [2.75, 3.05) is 18.4 Å². The average molecular weight is 461 g/mol. The van der Waals surface area contributed by atoms with Crippen LogP contribution in [-0.4, -0.2) is 76.0 Å².